The molecule has 1 unspecified atom stereocenters. The fourth-order valence-corrected chi connectivity index (χ4v) is 1.60. The van der Waals surface area contributed by atoms with E-state index in [4.69, 9.17) is 4.74 Å². The Balaban J connectivity index is 1.82. The van der Waals surface area contributed by atoms with Gasteiger partial charge in [0.05, 0.1) is 6.04 Å². The van der Waals surface area contributed by atoms with Gasteiger partial charge in [0.1, 0.15) is 0 Å². The van der Waals surface area contributed by atoms with Gasteiger partial charge in [0.25, 0.3) is 5.91 Å². The molecule has 0 aliphatic carbocycles. The van der Waals surface area contributed by atoms with Crippen LogP contribution in [0.15, 0.2) is 48.8 Å². The lowest BCUT2D eigenvalue weighted by Gasteiger charge is -2.14. The first-order chi connectivity index (χ1) is 9.25. The molecule has 2 aromatic rings. The summed E-state index contributed by atoms with van der Waals surface area (Å²) in [5, 5.41) is 2.85. The third-order valence-corrected chi connectivity index (χ3v) is 2.55. The highest BCUT2D eigenvalue weighted by molar-refractivity contribution is 5.77. The highest BCUT2D eigenvalue weighted by Gasteiger charge is 2.10. The van der Waals surface area contributed by atoms with E-state index in [2.05, 4.69) is 15.3 Å². The van der Waals surface area contributed by atoms with Crippen LogP contribution in [0.4, 0.5) is 0 Å². The summed E-state index contributed by atoms with van der Waals surface area (Å²) in [6.45, 7) is 1.83. The molecule has 0 fully saturated rings. The molecule has 0 radical (unpaired) electrons. The van der Waals surface area contributed by atoms with Crippen LogP contribution in [0.1, 0.15) is 18.5 Å². The van der Waals surface area contributed by atoms with Crippen molar-refractivity contribution in [3.63, 3.8) is 0 Å². The number of amides is 1. The average molecular weight is 257 g/mol. The first-order valence-corrected chi connectivity index (χ1v) is 6.00. The van der Waals surface area contributed by atoms with E-state index in [1.165, 1.54) is 0 Å². The SMILES string of the molecule is CC(NC(=O)COc1ncccn1)c1ccccc1. The Hall–Kier alpha value is -2.43. The van der Waals surface area contributed by atoms with Gasteiger partial charge in [-0.1, -0.05) is 30.3 Å². The molecule has 0 saturated heterocycles. The average Bonchev–Trinajstić information content (AvgIpc) is 2.47. The smallest absolute Gasteiger partial charge is 0.316 e. The molecule has 1 amide bonds. The van der Waals surface area contributed by atoms with Gasteiger partial charge in [-0.2, -0.15) is 0 Å². The van der Waals surface area contributed by atoms with Crippen molar-refractivity contribution >= 4 is 5.91 Å². The van der Waals surface area contributed by atoms with E-state index in [1.807, 2.05) is 37.3 Å². The van der Waals surface area contributed by atoms with Crippen LogP contribution in [-0.4, -0.2) is 22.5 Å². The van der Waals surface area contributed by atoms with E-state index >= 15 is 0 Å². The van der Waals surface area contributed by atoms with Gasteiger partial charge in [0, 0.05) is 12.4 Å². The van der Waals surface area contributed by atoms with E-state index in [0.717, 1.165) is 5.56 Å². The number of benzene rings is 1. The van der Waals surface area contributed by atoms with Crippen LogP contribution in [-0.2, 0) is 4.79 Å². The number of nitrogens with one attached hydrogen (secondary N) is 1. The van der Waals surface area contributed by atoms with Crippen LogP contribution >= 0.6 is 0 Å². The first kappa shape index (κ1) is 13.0. The van der Waals surface area contributed by atoms with Gasteiger partial charge < -0.3 is 10.1 Å². The molecule has 1 N–H and O–H groups in total. The molecule has 0 saturated carbocycles. The Morgan fingerprint density at radius 1 is 1.21 bits per heavy atom. The van der Waals surface area contributed by atoms with Crippen molar-refractivity contribution in [1.29, 1.82) is 0 Å². The van der Waals surface area contributed by atoms with E-state index in [1.54, 1.807) is 18.5 Å². The minimum Gasteiger partial charge on any atom is -0.453 e. The monoisotopic (exact) mass is 257 g/mol. The van der Waals surface area contributed by atoms with Crippen LogP contribution < -0.4 is 10.1 Å². The third kappa shape index (κ3) is 4.06. The number of hydrogen-bond acceptors (Lipinski definition) is 4. The molecule has 19 heavy (non-hydrogen) atoms. The summed E-state index contributed by atoms with van der Waals surface area (Å²) in [4.78, 5) is 19.5. The zero-order valence-electron chi connectivity index (χ0n) is 10.6. The van der Waals surface area contributed by atoms with Gasteiger partial charge in [0.2, 0.25) is 0 Å². The summed E-state index contributed by atoms with van der Waals surface area (Å²) in [5.41, 5.74) is 1.05. The fourth-order valence-electron chi connectivity index (χ4n) is 1.60. The minimum atomic E-state index is -0.205. The summed E-state index contributed by atoms with van der Waals surface area (Å²) in [5.74, 6) is -0.205. The van der Waals surface area contributed by atoms with E-state index in [9.17, 15) is 4.79 Å². The van der Waals surface area contributed by atoms with Gasteiger partial charge >= 0.3 is 6.01 Å². The van der Waals surface area contributed by atoms with Crippen molar-refractivity contribution in [3.05, 3.63) is 54.4 Å². The first-order valence-electron chi connectivity index (χ1n) is 6.00. The maximum Gasteiger partial charge on any atom is 0.316 e. The molecular weight excluding hydrogens is 242 g/mol. The van der Waals surface area contributed by atoms with Gasteiger partial charge in [-0.05, 0) is 18.6 Å². The molecule has 0 spiro atoms. The Morgan fingerprint density at radius 3 is 2.58 bits per heavy atom. The molecule has 1 aromatic heterocycles. The van der Waals surface area contributed by atoms with Crippen LogP contribution in [0.3, 0.4) is 0 Å². The van der Waals surface area contributed by atoms with E-state index in [-0.39, 0.29) is 24.6 Å². The standard InChI is InChI=1S/C14H15N3O2/c1-11(12-6-3-2-4-7-12)17-13(18)10-19-14-15-8-5-9-16-14/h2-9,11H,10H2,1H3,(H,17,18). The molecule has 1 aromatic carbocycles. The van der Waals surface area contributed by atoms with Gasteiger partial charge in [-0.25, -0.2) is 9.97 Å². The molecule has 98 valence electrons. The zero-order chi connectivity index (χ0) is 13.5. The number of nitrogens with zero attached hydrogens (tertiary/aromatic N) is 2. The topological polar surface area (TPSA) is 64.1 Å². The van der Waals surface area contributed by atoms with Crippen molar-refractivity contribution in [2.24, 2.45) is 0 Å². The number of carbonyl (C=O) groups excluding carboxylic acids is 1. The number of rotatable bonds is 5. The van der Waals surface area contributed by atoms with E-state index < -0.39 is 0 Å². The third-order valence-electron chi connectivity index (χ3n) is 2.55. The van der Waals surface area contributed by atoms with Crippen LogP contribution in [0.5, 0.6) is 6.01 Å². The van der Waals surface area contributed by atoms with Crippen LogP contribution in [0, 0.1) is 0 Å². The molecule has 1 heterocycles. The second-order valence-electron chi connectivity index (χ2n) is 4.02. The number of ether oxygens (including phenoxy) is 1. The molecule has 2 rings (SSSR count). The molecule has 5 nitrogen and oxygen atoms in total. The van der Waals surface area contributed by atoms with Gasteiger partial charge in [0.15, 0.2) is 6.61 Å². The highest BCUT2D eigenvalue weighted by atomic mass is 16.5. The Kier molecular flexibility index (Phi) is 4.44. The second kappa shape index (κ2) is 6.49. The maximum absolute atomic E-state index is 11.7. The van der Waals surface area contributed by atoms with Crippen molar-refractivity contribution in [1.82, 2.24) is 15.3 Å². The van der Waals surface area contributed by atoms with Crippen molar-refractivity contribution < 1.29 is 9.53 Å². The molecular formula is C14H15N3O2. The quantitative estimate of drug-likeness (QED) is 0.886. The summed E-state index contributed by atoms with van der Waals surface area (Å²) in [7, 11) is 0. The van der Waals surface area contributed by atoms with Crippen LogP contribution in [0.2, 0.25) is 0 Å². The van der Waals surface area contributed by atoms with E-state index in [0.29, 0.717) is 0 Å². The minimum absolute atomic E-state index is 0.0611. The largest absolute Gasteiger partial charge is 0.453 e. The normalized spacial score (nSPS) is 11.6. The number of carbonyl (C=O) groups is 1. The summed E-state index contributed by atoms with van der Waals surface area (Å²) >= 11 is 0. The fraction of sp³-hybridized carbons (Fsp3) is 0.214. The maximum atomic E-state index is 11.7. The Bertz CT molecular complexity index is 517. The zero-order valence-corrected chi connectivity index (χ0v) is 10.6. The number of hydrogen-bond donors (Lipinski definition) is 1. The summed E-state index contributed by atoms with van der Waals surface area (Å²) in [6, 6.07) is 11.6. The lowest BCUT2D eigenvalue weighted by molar-refractivity contribution is -0.123. The molecule has 0 aliphatic heterocycles. The van der Waals surface area contributed by atoms with Crippen molar-refractivity contribution in [3.8, 4) is 6.01 Å². The second-order valence-corrected chi connectivity index (χ2v) is 4.02. The predicted octanol–water partition coefficient (Wildman–Crippen LogP) is 1.73. The Labute approximate surface area is 111 Å². The highest BCUT2D eigenvalue weighted by Crippen LogP contribution is 2.10. The summed E-state index contributed by atoms with van der Waals surface area (Å²) < 4.78 is 5.17. The lowest BCUT2D eigenvalue weighted by atomic mass is 10.1. The molecule has 0 aliphatic rings. The number of aromatic nitrogens is 2. The van der Waals surface area contributed by atoms with Gasteiger partial charge in [-0.15, -0.1) is 0 Å². The Morgan fingerprint density at radius 2 is 1.89 bits per heavy atom. The van der Waals surface area contributed by atoms with Crippen molar-refractivity contribution in [2.45, 2.75) is 13.0 Å². The molecule has 5 heteroatoms. The van der Waals surface area contributed by atoms with Gasteiger partial charge in [-0.3, -0.25) is 4.79 Å². The predicted molar refractivity (Wildman–Crippen MR) is 70.5 cm³/mol. The van der Waals surface area contributed by atoms with Crippen LogP contribution in [0.25, 0.3) is 0 Å². The summed E-state index contributed by atoms with van der Waals surface area (Å²) in [6.07, 6.45) is 3.12. The molecule has 1 atom stereocenters. The molecule has 0 bridgehead atoms. The van der Waals surface area contributed by atoms with Crippen molar-refractivity contribution in [2.75, 3.05) is 6.61 Å². The lowest BCUT2D eigenvalue weighted by Crippen LogP contribution is -2.31.